The number of likely N-dealkylation sites (tertiary alicyclic amines) is 1. The Morgan fingerprint density at radius 1 is 1.28 bits per heavy atom. The third kappa shape index (κ3) is 3.20. The van der Waals surface area contributed by atoms with E-state index in [9.17, 15) is 4.79 Å². The van der Waals surface area contributed by atoms with E-state index in [1.165, 1.54) is 0 Å². The van der Waals surface area contributed by atoms with E-state index in [0.717, 1.165) is 31.6 Å². The summed E-state index contributed by atoms with van der Waals surface area (Å²) in [6.07, 6.45) is 1.57. The van der Waals surface area contributed by atoms with Gasteiger partial charge in [0.05, 0.1) is 0 Å². The van der Waals surface area contributed by atoms with Crippen LogP contribution in [0.25, 0.3) is 0 Å². The van der Waals surface area contributed by atoms with Crippen molar-refractivity contribution in [3.63, 3.8) is 0 Å². The molecule has 2 rings (SSSR count). The van der Waals surface area contributed by atoms with Crippen molar-refractivity contribution in [3.05, 3.63) is 30.3 Å². The van der Waals surface area contributed by atoms with Crippen LogP contribution in [0.2, 0.25) is 0 Å². The van der Waals surface area contributed by atoms with Crippen LogP contribution in [0.15, 0.2) is 30.3 Å². The Morgan fingerprint density at radius 2 is 1.89 bits per heavy atom. The fourth-order valence-electron chi connectivity index (χ4n) is 2.09. The number of hydrogen-bond donors (Lipinski definition) is 2. The molecule has 0 unspecified atom stereocenters. The summed E-state index contributed by atoms with van der Waals surface area (Å²) in [7, 11) is 0. The molecule has 1 saturated heterocycles. The maximum Gasteiger partial charge on any atom is 0.220 e. The number of benzene rings is 1. The second-order valence-corrected chi connectivity index (χ2v) is 4.85. The summed E-state index contributed by atoms with van der Waals surface area (Å²) in [5.74, 6) is -0.197. The van der Waals surface area contributed by atoms with E-state index in [1.807, 2.05) is 30.3 Å². The summed E-state index contributed by atoms with van der Waals surface area (Å²) in [5.41, 5.74) is 6.29. The monoisotopic (exact) mass is 263 g/mol. The lowest BCUT2D eigenvalue weighted by molar-refractivity contribution is -0.122. The van der Waals surface area contributed by atoms with Gasteiger partial charge in [0.1, 0.15) is 0 Å². The number of nitrogens with two attached hydrogens (primary N) is 1. The Labute approximate surface area is 112 Å². The number of carbonyl (C=O) groups excluding carboxylic acids is 1. The Bertz CT molecular complexity index is 427. The van der Waals surface area contributed by atoms with Crippen molar-refractivity contribution < 1.29 is 4.79 Å². The van der Waals surface area contributed by atoms with Crippen LogP contribution >= 0.6 is 12.2 Å². The molecule has 1 aliphatic rings. The zero-order valence-electron chi connectivity index (χ0n) is 10.1. The molecule has 1 aliphatic heterocycles. The molecule has 1 aromatic carbocycles. The number of piperidine rings is 1. The van der Waals surface area contributed by atoms with Gasteiger partial charge in [0.2, 0.25) is 5.91 Å². The maximum absolute atomic E-state index is 11.1. The van der Waals surface area contributed by atoms with E-state index in [-0.39, 0.29) is 11.8 Å². The molecular formula is C13H17N3OS. The van der Waals surface area contributed by atoms with E-state index >= 15 is 0 Å². The Morgan fingerprint density at radius 3 is 2.44 bits per heavy atom. The van der Waals surface area contributed by atoms with Crippen molar-refractivity contribution in [2.24, 2.45) is 11.7 Å². The first-order valence-electron chi connectivity index (χ1n) is 6.07. The first-order chi connectivity index (χ1) is 8.66. The predicted octanol–water partition coefficient (Wildman–Crippen LogP) is 1.58. The molecule has 18 heavy (non-hydrogen) atoms. The molecule has 1 aromatic rings. The van der Waals surface area contributed by atoms with Gasteiger partial charge in [-0.3, -0.25) is 4.79 Å². The van der Waals surface area contributed by atoms with Crippen molar-refractivity contribution in [1.29, 1.82) is 0 Å². The molecule has 96 valence electrons. The highest BCUT2D eigenvalue weighted by molar-refractivity contribution is 7.80. The Balaban J connectivity index is 1.86. The minimum absolute atomic E-state index is 0.000718. The van der Waals surface area contributed by atoms with Gasteiger partial charge in [0, 0.05) is 24.7 Å². The number of nitrogens with zero attached hydrogens (tertiary/aromatic N) is 1. The fourth-order valence-corrected chi connectivity index (χ4v) is 2.39. The number of hydrogen-bond acceptors (Lipinski definition) is 2. The van der Waals surface area contributed by atoms with Gasteiger partial charge in [-0.2, -0.15) is 0 Å². The lowest BCUT2D eigenvalue weighted by Crippen LogP contribution is -2.43. The first kappa shape index (κ1) is 12.8. The van der Waals surface area contributed by atoms with Gasteiger partial charge in [-0.05, 0) is 37.2 Å². The standard InChI is InChI=1S/C13H17N3OS/c14-12(17)10-6-8-16(9-7-10)13(18)15-11-4-2-1-3-5-11/h1-5,10H,6-9H2,(H2,14,17)(H,15,18). The number of anilines is 1. The van der Waals surface area contributed by atoms with Crippen molar-refractivity contribution in [3.8, 4) is 0 Å². The third-order valence-corrected chi connectivity index (χ3v) is 3.57. The van der Waals surface area contributed by atoms with Gasteiger partial charge < -0.3 is 16.0 Å². The minimum atomic E-state index is -0.198. The van der Waals surface area contributed by atoms with E-state index < -0.39 is 0 Å². The molecule has 1 heterocycles. The summed E-state index contributed by atoms with van der Waals surface area (Å²) in [4.78, 5) is 13.2. The van der Waals surface area contributed by atoms with Crippen LogP contribution in [-0.4, -0.2) is 29.0 Å². The maximum atomic E-state index is 11.1. The summed E-state index contributed by atoms with van der Waals surface area (Å²) < 4.78 is 0. The molecule has 1 amide bonds. The van der Waals surface area contributed by atoms with Crippen LogP contribution < -0.4 is 11.1 Å². The van der Waals surface area contributed by atoms with Crippen LogP contribution in [0.5, 0.6) is 0 Å². The van der Waals surface area contributed by atoms with Crippen LogP contribution in [0.4, 0.5) is 5.69 Å². The zero-order chi connectivity index (χ0) is 13.0. The number of carbonyl (C=O) groups is 1. The first-order valence-corrected chi connectivity index (χ1v) is 6.48. The van der Waals surface area contributed by atoms with Crippen molar-refractivity contribution in [2.75, 3.05) is 18.4 Å². The average Bonchev–Trinajstić information content (AvgIpc) is 2.40. The average molecular weight is 263 g/mol. The van der Waals surface area contributed by atoms with Gasteiger partial charge >= 0.3 is 0 Å². The third-order valence-electron chi connectivity index (χ3n) is 3.21. The number of amides is 1. The number of para-hydroxylation sites is 1. The van der Waals surface area contributed by atoms with E-state index in [2.05, 4.69) is 10.2 Å². The summed E-state index contributed by atoms with van der Waals surface area (Å²) in [5, 5.41) is 3.91. The van der Waals surface area contributed by atoms with Crippen LogP contribution in [0, 0.1) is 5.92 Å². The van der Waals surface area contributed by atoms with Crippen LogP contribution in [0.3, 0.4) is 0 Å². The minimum Gasteiger partial charge on any atom is -0.369 e. The molecular weight excluding hydrogens is 246 g/mol. The predicted molar refractivity (Wildman–Crippen MR) is 76.2 cm³/mol. The normalized spacial score (nSPS) is 16.3. The number of nitrogens with one attached hydrogen (secondary N) is 1. The molecule has 0 spiro atoms. The molecule has 0 saturated carbocycles. The largest absolute Gasteiger partial charge is 0.369 e. The van der Waals surface area contributed by atoms with Crippen molar-refractivity contribution in [2.45, 2.75) is 12.8 Å². The molecule has 4 nitrogen and oxygen atoms in total. The van der Waals surface area contributed by atoms with Crippen LogP contribution in [-0.2, 0) is 4.79 Å². The Kier molecular flexibility index (Phi) is 4.15. The second-order valence-electron chi connectivity index (χ2n) is 4.46. The van der Waals surface area contributed by atoms with Crippen molar-refractivity contribution in [1.82, 2.24) is 4.90 Å². The van der Waals surface area contributed by atoms with Gasteiger partial charge in [0.25, 0.3) is 0 Å². The topological polar surface area (TPSA) is 58.4 Å². The lowest BCUT2D eigenvalue weighted by atomic mass is 9.97. The summed E-state index contributed by atoms with van der Waals surface area (Å²) >= 11 is 5.36. The van der Waals surface area contributed by atoms with Gasteiger partial charge in [0.15, 0.2) is 5.11 Å². The van der Waals surface area contributed by atoms with Crippen molar-refractivity contribution >= 4 is 28.9 Å². The number of thiocarbonyl (C=S) groups is 1. The molecule has 5 heteroatoms. The molecule has 3 N–H and O–H groups in total. The molecule has 0 radical (unpaired) electrons. The van der Waals surface area contributed by atoms with Gasteiger partial charge in [-0.1, -0.05) is 18.2 Å². The molecule has 0 bridgehead atoms. The lowest BCUT2D eigenvalue weighted by Gasteiger charge is -2.32. The van der Waals surface area contributed by atoms with Crippen LogP contribution in [0.1, 0.15) is 12.8 Å². The number of primary amides is 1. The second kappa shape index (κ2) is 5.82. The van der Waals surface area contributed by atoms with E-state index in [0.29, 0.717) is 5.11 Å². The van der Waals surface area contributed by atoms with Gasteiger partial charge in [-0.15, -0.1) is 0 Å². The molecule has 1 fully saturated rings. The van der Waals surface area contributed by atoms with E-state index in [1.54, 1.807) is 0 Å². The fraction of sp³-hybridized carbons (Fsp3) is 0.385. The number of rotatable bonds is 2. The smallest absolute Gasteiger partial charge is 0.220 e. The summed E-state index contributed by atoms with van der Waals surface area (Å²) in [6.45, 7) is 1.57. The quantitative estimate of drug-likeness (QED) is 0.795. The molecule has 0 aliphatic carbocycles. The highest BCUT2D eigenvalue weighted by Crippen LogP contribution is 2.17. The molecule has 0 aromatic heterocycles. The SMILES string of the molecule is NC(=O)C1CCN(C(=S)Nc2ccccc2)CC1. The van der Waals surface area contributed by atoms with Gasteiger partial charge in [-0.25, -0.2) is 0 Å². The summed E-state index contributed by atoms with van der Waals surface area (Å²) in [6, 6.07) is 9.84. The van der Waals surface area contributed by atoms with E-state index in [4.69, 9.17) is 18.0 Å². The Hall–Kier alpha value is -1.62. The highest BCUT2D eigenvalue weighted by atomic mass is 32.1. The zero-order valence-corrected chi connectivity index (χ0v) is 11.0. The molecule has 0 atom stereocenters. The highest BCUT2D eigenvalue weighted by Gasteiger charge is 2.24.